The van der Waals surface area contributed by atoms with E-state index in [0.29, 0.717) is 18.3 Å². The van der Waals surface area contributed by atoms with E-state index in [0.717, 1.165) is 19.3 Å². The third-order valence-electron chi connectivity index (χ3n) is 2.87. The van der Waals surface area contributed by atoms with E-state index in [-0.39, 0.29) is 12.1 Å². The highest BCUT2D eigenvalue weighted by molar-refractivity contribution is 5.69. The molecule has 0 atom stereocenters. The predicted octanol–water partition coefficient (Wildman–Crippen LogP) is 2.10. The van der Waals surface area contributed by atoms with Gasteiger partial charge in [0, 0.05) is 12.0 Å². The Balaban J connectivity index is 2.68. The molecule has 0 aliphatic heterocycles. The Morgan fingerprint density at radius 3 is 2.63 bits per heavy atom. The summed E-state index contributed by atoms with van der Waals surface area (Å²) in [5.41, 5.74) is -0.267. The van der Waals surface area contributed by atoms with E-state index in [2.05, 4.69) is 17.1 Å². The van der Waals surface area contributed by atoms with Gasteiger partial charge in [-0.3, -0.25) is 9.69 Å². The van der Waals surface area contributed by atoms with Crippen LogP contribution in [0.25, 0.3) is 0 Å². The predicted molar refractivity (Wildman–Crippen MR) is 70.7 cm³/mol. The summed E-state index contributed by atoms with van der Waals surface area (Å²) in [5.74, 6) is 0.309. The standard InChI is InChI=1S/C13H23N3O3/c1-5-6-7-10-14-11(19-15-10)8-16(9-12(17)18)13(2,3)4/h5-9H2,1-4H3,(H,17,18). The van der Waals surface area contributed by atoms with Crippen LogP contribution in [0.3, 0.4) is 0 Å². The van der Waals surface area contributed by atoms with Gasteiger partial charge in [0.25, 0.3) is 0 Å². The average Bonchev–Trinajstić information content (AvgIpc) is 2.71. The van der Waals surface area contributed by atoms with Crippen LogP contribution in [0.15, 0.2) is 4.52 Å². The van der Waals surface area contributed by atoms with Crippen LogP contribution in [0.4, 0.5) is 0 Å². The Morgan fingerprint density at radius 2 is 2.11 bits per heavy atom. The molecular weight excluding hydrogens is 246 g/mol. The van der Waals surface area contributed by atoms with Gasteiger partial charge in [-0.05, 0) is 27.2 Å². The van der Waals surface area contributed by atoms with Crippen molar-refractivity contribution in [3.8, 4) is 0 Å². The largest absolute Gasteiger partial charge is 0.480 e. The van der Waals surface area contributed by atoms with E-state index in [1.807, 2.05) is 20.8 Å². The fourth-order valence-corrected chi connectivity index (χ4v) is 1.65. The van der Waals surface area contributed by atoms with Crippen LogP contribution in [0, 0.1) is 0 Å². The maximum Gasteiger partial charge on any atom is 0.317 e. The second kappa shape index (κ2) is 6.65. The van der Waals surface area contributed by atoms with Crippen molar-refractivity contribution in [1.82, 2.24) is 15.0 Å². The number of hydrogen-bond donors (Lipinski definition) is 1. The number of unbranched alkanes of at least 4 members (excludes halogenated alkanes) is 1. The molecule has 0 aliphatic rings. The number of hydrogen-bond acceptors (Lipinski definition) is 5. The molecule has 1 N–H and O–H groups in total. The summed E-state index contributed by atoms with van der Waals surface area (Å²) in [6, 6.07) is 0. The van der Waals surface area contributed by atoms with Crippen LogP contribution < -0.4 is 0 Å². The van der Waals surface area contributed by atoms with Gasteiger partial charge in [0.1, 0.15) is 0 Å². The number of aryl methyl sites for hydroxylation is 1. The van der Waals surface area contributed by atoms with Crippen molar-refractivity contribution in [2.75, 3.05) is 6.54 Å². The van der Waals surface area contributed by atoms with Gasteiger partial charge < -0.3 is 9.63 Å². The summed E-state index contributed by atoms with van der Waals surface area (Å²) >= 11 is 0. The first-order valence-corrected chi connectivity index (χ1v) is 6.61. The minimum absolute atomic E-state index is 0.0455. The molecule has 0 fully saturated rings. The molecule has 0 amide bonds. The third-order valence-corrected chi connectivity index (χ3v) is 2.87. The first-order chi connectivity index (χ1) is 8.82. The third kappa shape index (κ3) is 5.38. The summed E-state index contributed by atoms with van der Waals surface area (Å²) in [5, 5.41) is 12.8. The van der Waals surface area contributed by atoms with Crippen molar-refractivity contribution in [3.63, 3.8) is 0 Å². The lowest BCUT2D eigenvalue weighted by molar-refractivity contribution is -0.140. The van der Waals surface area contributed by atoms with Crippen LogP contribution in [0.2, 0.25) is 0 Å². The van der Waals surface area contributed by atoms with Gasteiger partial charge in [0.2, 0.25) is 5.89 Å². The van der Waals surface area contributed by atoms with E-state index in [1.165, 1.54) is 0 Å². The fraction of sp³-hybridized carbons (Fsp3) is 0.769. The highest BCUT2D eigenvalue weighted by Gasteiger charge is 2.25. The first-order valence-electron chi connectivity index (χ1n) is 6.61. The van der Waals surface area contributed by atoms with Gasteiger partial charge in [-0.15, -0.1) is 0 Å². The zero-order chi connectivity index (χ0) is 14.5. The Kier molecular flexibility index (Phi) is 5.47. The smallest absolute Gasteiger partial charge is 0.317 e. The van der Waals surface area contributed by atoms with Gasteiger partial charge in [-0.25, -0.2) is 0 Å². The summed E-state index contributed by atoms with van der Waals surface area (Å²) in [4.78, 5) is 17.0. The van der Waals surface area contributed by atoms with Crippen LogP contribution in [0.1, 0.15) is 52.3 Å². The average molecular weight is 269 g/mol. The molecule has 1 heterocycles. The maximum absolute atomic E-state index is 10.9. The number of rotatable bonds is 7. The van der Waals surface area contributed by atoms with Crippen molar-refractivity contribution in [1.29, 1.82) is 0 Å². The molecule has 0 spiro atoms. The number of carbonyl (C=O) groups is 1. The summed E-state index contributed by atoms with van der Waals surface area (Å²) < 4.78 is 5.17. The number of aliphatic carboxylic acids is 1. The van der Waals surface area contributed by atoms with E-state index in [9.17, 15) is 4.79 Å². The van der Waals surface area contributed by atoms with Gasteiger partial charge in [0.15, 0.2) is 5.82 Å². The highest BCUT2D eigenvalue weighted by Crippen LogP contribution is 2.16. The normalized spacial score (nSPS) is 12.1. The van der Waals surface area contributed by atoms with Gasteiger partial charge in [-0.1, -0.05) is 18.5 Å². The van der Waals surface area contributed by atoms with Gasteiger partial charge in [0.05, 0.1) is 13.1 Å². The van der Waals surface area contributed by atoms with E-state index < -0.39 is 5.97 Å². The van der Waals surface area contributed by atoms with Crippen molar-refractivity contribution in [2.45, 2.75) is 59.0 Å². The van der Waals surface area contributed by atoms with E-state index in [4.69, 9.17) is 9.63 Å². The second-order valence-electron chi connectivity index (χ2n) is 5.63. The molecule has 1 aromatic heterocycles. The number of carboxylic acids is 1. The zero-order valence-electron chi connectivity index (χ0n) is 12.1. The fourth-order valence-electron chi connectivity index (χ4n) is 1.65. The van der Waals surface area contributed by atoms with E-state index in [1.54, 1.807) is 4.90 Å². The molecule has 1 aromatic rings. The monoisotopic (exact) mass is 269 g/mol. The van der Waals surface area contributed by atoms with Crippen molar-refractivity contribution >= 4 is 5.97 Å². The van der Waals surface area contributed by atoms with Crippen LogP contribution >= 0.6 is 0 Å². The van der Waals surface area contributed by atoms with E-state index >= 15 is 0 Å². The van der Waals surface area contributed by atoms with Crippen molar-refractivity contribution in [2.24, 2.45) is 0 Å². The first kappa shape index (κ1) is 15.6. The number of nitrogens with zero attached hydrogens (tertiary/aromatic N) is 3. The minimum Gasteiger partial charge on any atom is -0.480 e. The molecule has 0 bridgehead atoms. The molecule has 19 heavy (non-hydrogen) atoms. The topological polar surface area (TPSA) is 79.5 Å². The second-order valence-corrected chi connectivity index (χ2v) is 5.63. The molecule has 0 aliphatic carbocycles. The summed E-state index contributed by atoms with van der Waals surface area (Å²) in [6.45, 7) is 8.30. The van der Waals surface area contributed by atoms with Crippen LogP contribution in [0.5, 0.6) is 0 Å². The number of aromatic nitrogens is 2. The lowest BCUT2D eigenvalue weighted by Gasteiger charge is -2.32. The summed E-state index contributed by atoms with van der Waals surface area (Å²) in [6.07, 6.45) is 2.91. The lowest BCUT2D eigenvalue weighted by Crippen LogP contribution is -2.43. The molecule has 0 saturated heterocycles. The van der Waals surface area contributed by atoms with Crippen LogP contribution in [-0.2, 0) is 17.8 Å². The molecule has 0 radical (unpaired) electrons. The highest BCUT2D eigenvalue weighted by atomic mass is 16.5. The summed E-state index contributed by atoms with van der Waals surface area (Å²) in [7, 11) is 0. The molecule has 0 saturated carbocycles. The molecule has 6 nitrogen and oxygen atoms in total. The molecule has 108 valence electrons. The Hall–Kier alpha value is -1.43. The quantitative estimate of drug-likeness (QED) is 0.816. The molecule has 6 heteroatoms. The number of carboxylic acid groups (broad SMARTS) is 1. The molecule has 0 aromatic carbocycles. The molecule has 0 unspecified atom stereocenters. The molecule has 1 rings (SSSR count). The van der Waals surface area contributed by atoms with Crippen molar-refractivity contribution in [3.05, 3.63) is 11.7 Å². The van der Waals surface area contributed by atoms with Gasteiger partial charge in [-0.2, -0.15) is 4.98 Å². The van der Waals surface area contributed by atoms with Gasteiger partial charge >= 0.3 is 5.97 Å². The Labute approximate surface area is 113 Å². The Bertz CT molecular complexity index is 410. The SMILES string of the molecule is CCCCc1noc(CN(CC(=O)O)C(C)(C)C)n1. The van der Waals surface area contributed by atoms with Crippen LogP contribution in [-0.4, -0.2) is 38.2 Å². The minimum atomic E-state index is -0.861. The molecular formula is C13H23N3O3. The maximum atomic E-state index is 10.9. The lowest BCUT2D eigenvalue weighted by atomic mass is 10.1. The Morgan fingerprint density at radius 1 is 1.42 bits per heavy atom. The zero-order valence-corrected chi connectivity index (χ0v) is 12.1. The van der Waals surface area contributed by atoms with Crippen molar-refractivity contribution < 1.29 is 14.4 Å².